The number of carbonyl (C=O) groups excluding carboxylic acids is 1. The fraction of sp³-hybridized carbons (Fsp3) is 0.381. The van der Waals surface area contributed by atoms with E-state index in [2.05, 4.69) is 68.6 Å². The molecule has 0 saturated heterocycles. The molecule has 2 nitrogen and oxygen atoms in total. The van der Waals surface area contributed by atoms with Crippen LogP contribution in [0.25, 0.3) is 0 Å². The molecule has 0 unspecified atom stereocenters. The van der Waals surface area contributed by atoms with E-state index >= 15 is 0 Å². The van der Waals surface area contributed by atoms with E-state index < -0.39 is 0 Å². The minimum absolute atomic E-state index is 0.0934. The Morgan fingerprint density at radius 1 is 1.08 bits per heavy atom. The van der Waals surface area contributed by atoms with Gasteiger partial charge in [0.15, 0.2) is 0 Å². The van der Waals surface area contributed by atoms with Crippen LogP contribution in [0.1, 0.15) is 42.9 Å². The molecule has 3 heteroatoms. The van der Waals surface area contributed by atoms with Gasteiger partial charge >= 0.3 is 0 Å². The molecule has 2 aromatic rings. The van der Waals surface area contributed by atoms with Gasteiger partial charge in [-0.3, -0.25) is 4.79 Å². The molecular formula is C21H27NOS. The van der Waals surface area contributed by atoms with Crippen LogP contribution in [0.3, 0.4) is 0 Å². The Morgan fingerprint density at radius 2 is 1.83 bits per heavy atom. The quantitative estimate of drug-likeness (QED) is 0.649. The lowest BCUT2D eigenvalue weighted by atomic mass is 9.98. The molecule has 1 N–H and O–H groups in total. The van der Waals surface area contributed by atoms with Gasteiger partial charge in [0.05, 0.1) is 5.75 Å². The average Bonchev–Trinajstić information content (AvgIpc) is 2.57. The summed E-state index contributed by atoms with van der Waals surface area (Å²) in [4.78, 5) is 12.2. The Kier molecular flexibility index (Phi) is 7.38. The van der Waals surface area contributed by atoms with Crippen LogP contribution in [0.2, 0.25) is 0 Å². The summed E-state index contributed by atoms with van der Waals surface area (Å²) in [6, 6.07) is 16.7. The first-order chi connectivity index (χ1) is 11.6. The molecule has 0 bridgehead atoms. The molecular weight excluding hydrogens is 314 g/mol. The van der Waals surface area contributed by atoms with Crippen LogP contribution < -0.4 is 5.32 Å². The number of hydrogen-bond donors (Lipinski definition) is 1. The van der Waals surface area contributed by atoms with Crippen LogP contribution in [0.15, 0.2) is 48.5 Å². The number of benzene rings is 2. The van der Waals surface area contributed by atoms with E-state index in [9.17, 15) is 4.79 Å². The first-order valence-corrected chi connectivity index (χ1v) is 9.74. The highest BCUT2D eigenvalue weighted by molar-refractivity contribution is 7.99. The summed E-state index contributed by atoms with van der Waals surface area (Å²) in [5.74, 6) is 2.02. The first kappa shape index (κ1) is 18.6. The third kappa shape index (κ3) is 5.72. The van der Waals surface area contributed by atoms with Gasteiger partial charge in [0, 0.05) is 5.69 Å². The van der Waals surface area contributed by atoms with Gasteiger partial charge in [0.2, 0.25) is 5.91 Å². The molecule has 0 aliphatic rings. The number of anilines is 1. The van der Waals surface area contributed by atoms with Crippen LogP contribution in [-0.2, 0) is 11.2 Å². The second kappa shape index (κ2) is 9.53. The Morgan fingerprint density at radius 3 is 2.54 bits per heavy atom. The molecule has 24 heavy (non-hydrogen) atoms. The van der Waals surface area contributed by atoms with Crippen LogP contribution >= 0.6 is 11.8 Å². The van der Waals surface area contributed by atoms with Gasteiger partial charge in [0.25, 0.3) is 0 Å². The van der Waals surface area contributed by atoms with E-state index in [1.165, 1.54) is 11.1 Å². The fourth-order valence-corrected chi connectivity index (χ4v) is 3.46. The maximum atomic E-state index is 12.2. The van der Waals surface area contributed by atoms with E-state index in [1.807, 2.05) is 6.07 Å². The molecule has 0 saturated carbocycles. The third-order valence-corrected chi connectivity index (χ3v) is 5.07. The maximum absolute atomic E-state index is 12.2. The zero-order valence-corrected chi connectivity index (χ0v) is 15.7. The second-order valence-corrected chi connectivity index (χ2v) is 7.49. The smallest absolute Gasteiger partial charge is 0.234 e. The zero-order chi connectivity index (χ0) is 17.4. The van der Waals surface area contributed by atoms with Crippen molar-refractivity contribution in [1.29, 1.82) is 0 Å². The molecule has 2 rings (SSSR count). The van der Waals surface area contributed by atoms with Crippen LogP contribution in [-0.4, -0.2) is 17.4 Å². The summed E-state index contributed by atoms with van der Waals surface area (Å²) in [6.45, 7) is 6.36. The molecule has 0 radical (unpaired) electrons. The molecule has 0 atom stereocenters. The second-order valence-electron chi connectivity index (χ2n) is 6.38. The monoisotopic (exact) mass is 341 g/mol. The Balaban J connectivity index is 1.76. The standard InChI is InChI=1S/C21H27NOS/c1-16(2)19-13-7-9-17(3)21(19)22-20(23)15-24-14-8-12-18-10-5-4-6-11-18/h4-7,9-11,13,16H,8,12,14-15H2,1-3H3,(H,22,23). The van der Waals surface area contributed by atoms with Gasteiger partial charge in [-0.25, -0.2) is 0 Å². The van der Waals surface area contributed by atoms with Gasteiger partial charge in [-0.1, -0.05) is 62.4 Å². The highest BCUT2D eigenvalue weighted by Crippen LogP contribution is 2.27. The zero-order valence-electron chi connectivity index (χ0n) is 14.8. The molecule has 0 aliphatic heterocycles. The minimum atomic E-state index is 0.0934. The lowest BCUT2D eigenvalue weighted by Crippen LogP contribution is -2.17. The van der Waals surface area contributed by atoms with Gasteiger partial charge in [-0.05, 0) is 48.1 Å². The number of hydrogen-bond acceptors (Lipinski definition) is 2. The van der Waals surface area contributed by atoms with Crippen molar-refractivity contribution < 1.29 is 4.79 Å². The van der Waals surface area contributed by atoms with Crippen molar-refractivity contribution in [3.8, 4) is 0 Å². The van der Waals surface area contributed by atoms with Gasteiger partial charge in [-0.2, -0.15) is 11.8 Å². The van der Waals surface area contributed by atoms with Gasteiger partial charge in [-0.15, -0.1) is 0 Å². The fourth-order valence-electron chi connectivity index (χ4n) is 2.71. The van der Waals surface area contributed by atoms with E-state index in [1.54, 1.807) is 11.8 Å². The largest absolute Gasteiger partial charge is 0.325 e. The number of para-hydroxylation sites is 1. The highest BCUT2D eigenvalue weighted by atomic mass is 32.2. The number of aryl methyl sites for hydroxylation is 2. The summed E-state index contributed by atoms with van der Waals surface area (Å²) >= 11 is 1.71. The summed E-state index contributed by atoms with van der Waals surface area (Å²) in [5.41, 5.74) is 4.69. The summed E-state index contributed by atoms with van der Waals surface area (Å²) in [6.07, 6.45) is 2.17. The molecule has 0 aromatic heterocycles. The lowest BCUT2D eigenvalue weighted by molar-refractivity contribution is -0.113. The maximum Gasteiger partial charge on any atom is 0.234 e. The predicted molar refractivity (Wildman–Crippen MR) is 106 cm³/mol. The van der Waals surface area contributed by atoms with Crippen molar-refractivity contribution in [2.45, 2.75) is 39.5 Å². The molecule has 0 aliphatic carbocycles. The summed E-state index contributed by atoms with van der Waals surface area (Å²) < 4.78 is 0. The molecule has 1 amide bonds. The number of thioether (sulfide) groups is 1. The predicted octanol–water partition coefficient (Wildman–Crippen LogP) is 5.42. The molecule has 0 heterocycles. The van der Waals surface area contributed by atoms with Gasteiger partial charge in [0.1, 0.15) is 0 Å². The van der Waals surface area contributed by atoms with E-state index in [-0.39, 0.29) is 5.91 Å². The van der Waals surface area contributed by atoms with Crippen LogP contribution in [0, 0.1) is 6.92 Å². The van der Waals surface area contributed by atoms with E-state index in [4.69, 9.17) is 0 Å². The summed E-state index contributed by atoms with van der Waals surface area (Å²) in [7, 11) is 0. The van der Waals surface area contributed by atoms with Crippen molar-refractivity contribution >= 4 is 23.4 Å². The number of amides is 1. The van der Waals surface area contributed by atoms with Crippen LogP contribution in [0.5, 0.6) is 0 Å². The molecule has 0 fully saturated rings. The van der Waals surface area contributed by atoms with Crippen LogP contribution in [0.4, 0.5) is 5.69 Å². The normalized spacial score (nSPS) is 10.8. The van der Waals surface area contributed by atoms with Crippen molar-refractivity contribution in [3.63, 3.8) is 0 Å². The van der Waals surface area contributed by atoms with E-state index in [0.29, 0.717) is 11.7 Å². The Bertz CT molecular complexity index is 652. The molecule has 0 spiro atoms. The SMILES string of the molecule is Cc1cccc(C(C)C)c1NC(=O)CSCCCc1ccccc1. The number of nitrogens with one attached hydrogen (secondary N) is 1. The van der Waals surface area contributed by atoms with Crippen molar-refractivity contribution in [2.24, 2.45) is 0 Å². The van der Waals surface area contributed by atoms with E-state index in [0.717, 1.165) is 29.8 Å². The lowest BCUT2D eigenvalue weighted by Gasteiger charge is -2.16. The first-order valence-electron chi connectivity index (χ1n) is 8.59. The summed E-state index contributed by atoms with van der Waals surface area (Å²) in [5, 5.41) is 3.11. The molecule has 128 valence electrons. The average molecular weight is 342 g/mol. The highest BCUT2D eigenvalue weighted by Gasteiger charge is 2.11. The Hall–Kier alpha value is -1.74. The molecule has 2 aromatic carbocycles. The number of carbonyl (C=O) groups is 1. The minimum Gasteiger partial charge on any atom is -0.325 e. The Labute approximate surface area is 150 Å². The third-order valence-electron chi connectivity index (χ3n) is 4.02. The van der Waals surface area contributed by atoms with Crippen molar-refractivity contribution in [3.05, 3.63) is 65.2 Å². The van der Waals surface area contributed by atoms with Crippen molar-refractivity contribution in [1.82, 2.24) is 0 Å². The van der Waals surface area contributed by atoms with Gasteiger partial charge < -0.3 is 5.32 Å². The topological polar surface area (TPSA) is 29.1 Å². The van der Waals surface area contributed by atoms with Crippen molar-refractivity contribution in [2.75, 3.05) is 16.8 Å². The number of rotatable bonds is 8.